The van der Waals surface area contributed by atoms with Crippen LogP contribution >= 0.6 is 11.6 Å². The van der Waals surface area contributed by atoms with Crippen LogP contribution in [-0.4, -0.2) is 19.0 Å². The van der Waals surface area contributed by atoms with Gasteiger partial charge in [0, 0.05) is 5.88 Å². The van der Waals surface area contributed by atoms with Gasteiger partial charge in [-0.15, -0.1) is 11.6 Å². The first-order valence-corrected chi connectivity index (χ1v) is 3.72. The molecule has 0 saturated heterocycles. The van der Waals surface area contributed by atoms with Crippen molar-refractivity contribution in [3.05, 3.63) is 0 Å². The van der Waals surface area contributed by atoms with Crippen LogP contribution in [0.25, 0.3) is 0 Å². The Kier molecular flexibility index (Phi) is 7.48. The van der Waals surface area contributed by atoms with E-state index in [-0.39, 0.29) is 0 Å². The maximum Gasteiger partial charge on any atom is 0.0235 e. The number of rotatable bonds is 5. The molecular formula is C6H14ClN. The summed E-state index contributed by atoms with van der Waals surface area (Å²) in [7, 11) is 0. The normalized spacial score (nSPS) is 9.75. The van der Waals surface area contributed by atoms with Crippen LogP contribution in [-0.2, 0) is 0 Å². The topological polar surface area (TPSA) is 12.0 Å². The second kappa shape index (κ2) is 7.25. The van der Waals surface area contributed by atoms with Crippen molar-refractivity contribution >= 4 is 11.6 Å². The summed E-state index contributed by atoms with van der Waals surface area (Å²) in [4.78, 5) is 0. The molecule has 0 atom stereocenters. The molecule has 1 N–H and O–H groups in total. The Morgan fingerprint density at radius 2 is 2.12 bits per heavy atom. The van der Waals surface area contributed by atoms with E-state index in [0.717, 1.165) is 25.4 Å². The van der Waals surface area contributed by atoms with Crippen LogP contribution < -0.4 is 5.32 Å². The van der Waals surface area contributed by atoms with Gasteiger partial charge in [0.25, 0.3) is 0 Å². The van der Waals surface area contributed by atoms with E-state index >= 15 is 0 Å². The summed E-state index contributed by atoms with van der Waals surface area (Å²) >= 11 is 5.44. The molecule has 0 fully saturated rings. The van der Waals surface area contributed by atoms with Gasteiger partial charge < -0.3 is 5.32 Å². The minimum atomic E-state index is 0.775. The number of nitrogens with one attached hydrogen (secondary N) is 1. The van der Waals surface area contributed by atoms with Crippen LogP contribution in [0.1, 0.15) is 19.8 Å². The summed E-state index contributed by atoms with van der Waals surface area (Å²) < 4.78 is 0. The summed E-state index contributed by atoms with van der Waals surface area (Å²) in [5.41, 5.74) is 0. The highest BCUT2D eigenvalue weighted by Crippen LogP contribution is 1.80. The summed E-state index contributed by atoms with van der Waals surface area (Å²) in [5, 5.41) is 3.25. The fourth-order valence-electron chi connectivity index (χ4n) is 0.494. The minimum absolute atomic E-state index is 0.775. The van der Waals surface area contributed by atoms with Crippen molar-refractivity contribution in [2.24, 2.45) is 0 Å². The number of hydrogen-bond donors (Lipinski definition) is 1. The summed E-state index contributed by atoms with van der Waals surface area (Å²) in [6, 6.07) is 0. The quantitative estimate of drug-likeness (QED) is 0.446. The molecule has 0 heterocycles. The standard InChI is InChI=1S/C6H14ClN/c1-2-5-8-6-3-4-7/h8H,2-6H2,1H3. The summed E-state index contributed by atoms with van der Waals surface area (Å²) in [6.07, 6.45) is 2.30. The van der Waals surface area contributed by atoms with Crippen molar-refractivity contribution in [3.8, 4) is 0 Å². The van der Waals surface area contributed by atoms with Crippen LogP contribution in [0, 0.1) is 0 Å². The lowest BCUT2D eigenvalue weighted by atomic mass is 10.4. The maximum atomic E-state index is 5.44. The van der Waals surface area contributed by atoms with Crippen molar-refractivity contribution in [1.82, 2.24) is 5.32 Å². The Hall–Kier alpha value is 0.250. The highest BCUT2D eigenvalue weighted by Gasteiger charge is 1.81. The predicted molar refractivity (Wildman–Crippen MR) is 38.5 cm³/mol. The van der Waals surface area contributed by atoms with Crippen molar-refractivity contribution in [2.45, 2.75) is 19.8 Å². The molecule has 8 heavy (non-hydrogen) atoms. The molecule has 0 spiro atoms. The third kappa shape index (κ3) is 6.25. The minimum Gasteiger partial charge on any atom is -0.317 e. The molecule has 50 valence electrons. The molecule has 0 aliphatic rings. The van der Waals surface area contributed by atoms with Gasteiger partial charge >= 0.3 is 0 Å². The van der Waals surface area contributed by atoms with Crippen molar-refractivity contribution < 1.29 is 0 Å². The summed E-state index contributed by atoms with van der Waals surface area (Å²) in [6.45, 7) is 4.35. The van der Waals surface area contributed by atoms with Gasteiger partial charge in [-0.1, -0.05) is 6.92 Å². The largest absolute Gasteiger partial charge is 0.317 e. The third-order valence-electron chi connectivity index (χ3n) is 0.914. The van der Waals surface area contributed by atoms with Gasteiger partial charge in [-0.3, -0.25) is 0 Å². The smallest absolute Gasteiger partial charge is 0.0235 e. The zero-order valence-corrected chi connectivity index (χ0v) is 6.17. The first-order valence-electron chi connectivity index (χ1n) is 3.18. The molecule has 0 unspecified atom stereocenters. The van der Waals surface area contributed by atoms with E-state index in [1.807, 2.05) is 0 Å². The van der Waals surface area contributed by atoms with Gasteiger partial charge in [-0.05, 0) is 25.9 Å². The van der Waals surface area contributed by atoms with E-state index in [0.29, 0.717) is 0 Å². The van der Waals surface area contributed by atoms with Gasteiger partial charge in [0.2, 0.25) is 0 Å². The fourth-order valence-corrected chi connectivity index (χ4v) is 0.627. The van der Waals surface area contributed by atoms with Gasteiger partial charge in [0.15, 0.2) is 0 Å². The molecule has 0 radical (unpaired) electrons. The molecule has 1 nitrogen and oxygen atoms in total. The van der Waals surface area contributed by atoms with E-state index in [4.69, 9.17) is 11.6 Å². The first kappa shape index (κ1) is 8.25. The van der Waals surface area contributed by atoms with Crippen LogP contribution in [0.15, 0.2) is 0 Å². The fraction of sp³-hybridized carbons (Fsp3) is 1.00. The molecule has 0 saturated carbocycles. The molecule has 0 aromatic heterocycles. The molecule has 2 heteroatoms. The lowest BCUT2D eigenvalue weighted by Crippen LogP contribution is -2.15. The average molecular weight is 136 g/mol. The second-order valence-electron chi connectivity index (χ2n) is 1.79. The number of alkyl halides is 1. The van der Waals surface area contributed by atoms with Gasteiger partial charge in [-0.2, -0.15) is 0 Å². The third-order valence-corrected chi connectivity index (χ3v) is 1.18. The van der Waals surface area contributed by atoms with Gasteiger partial charge in [0.1, 0.15) is 0 Å². The Balaban J connectivity index is 2.53. The SMILES string of the molecule is CCCNCCCCl. The molecule has 0 rings (SSSR count). The van der Waals surface area contributed by atoms with E-state index in [2.05, 4.69) is 12.2 Å². The van der Waals surface area contributed by atoms with Crippen molar-refractivity contribution in [2.75, 3.05) is 19.0 Å². The van der Waals surface area contributed by atoms with E-state index in [1.54, 1.807) is 0 Å². The monoisotopic (exact) mass is 135 g/mol. The number of halogens is 1. The molecule has 0 aliphatic carbocycles. The highest BCUT2D eigenvalue weighted by molar-refractivity contribution is 6.17. The van der Waals surface area contributed by atoms with Crippen LogP contribution in [0.2, 0.25) is 0 Å². The van der Waals surface area contributed by atoms with Crippen LogP contribution in [0.4, 0.5) is 0 Å². The van der Waals surface area contributed by atoms with Crippen molar-refractivity contribution in [3.63, 3.8) is 0 Å². The van der Waals surface area contributed by atoms with Crippen LogP contribution in [0.3, 0.4) is 0 Å². The molecule has 0 aromatic rings. The van der Waals surface area contributed by atoms with E-state index in [9.17, 15) is 0 Å². The summed E-state index contributed by atoms with van der Waals surface area (Å²) in [5.74, 6) is 0.775. The Morgan fingerprint density at radius 3 is 2.62 bits per heavy atom. The lowest BCUT2D eigenvalue weighted by molar-refractivity contribution is 0.663. The zero-order chi connectivity index (χ0) is 6.24. The second-order valence-corrected chi connectivity index (χ2v) is 2.17. The van der Waals surface area contributed by atoms with E-state index in [1.165, 1.54) is 6.42 Å². The Bertz CT molecular complexity index is 33.5. The predicted octanol–water partition coefficient (Wildman–Crippen LogP) is 1.61. The Morgan fingerprint density at radius 1 is 1.38 bits per heavy atom. The first-order chi connectivity index (χ1) is 3.91. The highest BCUT2D eigenvalue weighted by atomic mass is 35.5. The molecule has 0 aromatic carbocycles. The van der Waals surface area contributed by atoms with Gasteiger partial charge in [-0.25, -0.2) is 0 Å². The van der Waals surface area contributed by atoms with Crippen LogP contribution in [0.5, 0.6) is 0 Å². The molecule has 0 aliphatic heterocycles. The van der Waals surface area contributed by atoms with E-state index < -0.39 is 0 Å². The molecular weight excluding hydrogens is 122 g/mol. The molecule has 0 bridgehead atoms. The van der Waals surface area contributed by atoms with Crippen molar-refractivity contribution in [1.29, 1.82) is 0 Å². The number of hydrogen-bond acceptors (Lipinski definition) is 1. The maximum absolute atomic E-state index is 5.44. The Labute approximate surface area is 56.4 Å². The lowest BCUT2D eigenvalue weighted by Gasteiger charge is -1.97. The average Bonchev–Trinajstić information content (AvgIpc) is 1.81. The molecule has 0 amide bonds. The van der Waals surface area contributed by atoms with Gasteiger partial charge in [0.05, 0.1) is 0 Å². The zero-order valence-electron chi connectivity index (χ0n) is 5.41.